The Hall–Kier alpha value is 0.230. The first-order valence-corrected chi connectivity index (χ1v) is 8.90. The van der Waals surface area contributed by atoms with E-state index in [0.717, 1.165) is 25.4 Å². The minimum atomic E-state index is 0.146. The standard InChI is InChI=1S/C15H27NO2S/c1-17-14(11-2-3-11)13(16)12-4-7-18-15(10-12)5-8-19-9-6-15/h11-14H,2-10,16H2,1H3. The van der Waals surface area contributed by atoms with E-state index in [9.17, 15) is 0 Å². The molecule has 2 aliphatic heterocycles. The minimum Gasteiger partial charge on any atom is -0.380 e. The summed E-state index contributed by atoms with van der Waals surface area (Å²) in [6, 6.07) is 0.202. The SMILES string of the molecule is COC(C1CC1)C(N)C1CCOC2(CCSCC2)C1. The van der Waals surface area contributed by atoms with Gasteiger partial charge in [-0.05, 0) is 61.9 Å². The number of hydrogen-bond acceptors (Lipinski definition) is 4. The average Bonchev–Trinajstić information content (AvgIpc) is 3.25. The molecule has 2 saturated heterocycles. The van der Waals surface area contributed by atoms with Gasteiger partial charge in [-0.25, -0.2) is 0 Å². The molecule has 3 fully saturated rings. The zero-order chi connectivity index (χ0) is 13.3. The van der Waals surface area contributed by atoms with E-state index in [0.29, 0.717) is 5.92 Å². The fourth-order valence-corrected chi connectivity index (χ4v) is 5.08. The Kier molecular flexibility index (Phi) is 4.42. The van der Waals surface area contributed by atoms with Gasteiger partial charge in [0.1, 0.15) is 0 Å². The number of thioether (sulfide) groups is 1. The second-order valence-electron chi connectivity index (χ2n) is 6.51. The zero-order valence-electron chi connectivity index (χ0n) is 12.0. The summed E-state index contributed by atoms with van der Waals surface area (Å²) in [6.07, 6.45) is 7.57. The molecule has 0 bridgehead atoms. The number of ether oxygens (including phenoxy) is 2. The molecule has 1 aliphatic carbocycles. The largest absolute Gasteiger partial charge is 0.380 e. The molecule has 19 heavy (non-hydrogen) atoms. The van der Waals surface area contributed by atoms with Gasteiger partial charge in [-0.2, -0.15) is 11.8 Å². The number of rotatable bonds is 4. The van der Waals surface area contributed by atoms with Crippen LogP contribution in [-0.4, -0.2) is 43.0 Å². The highest BCUT2D eigenvalue weighted by atomic mass is 32.2. The minimum absolute atomic E-state index is 0.146. The molecule has 0 amide bonds. The molecule has 2 N–H and O–H groups in total. The molecule has 3 atom stereocenters. The van der Waals surface area contributed by atoms with E-state index in [1.165, 1.54) is 37.2 Å². The summed E-state index contributed by atoms with van der Waals surface area (Å²) in [5.74, 6) is 3.81. The van der Waals surface area contributed by atoms with Crippen molar-refractivity contribution in [2.75, 3.05) is 25.2 Å². The van der Waals surface area contributed by atoms with Gasteiger partial charge in [0.25, 0.3) is 0 Å². The van der Waals surface area contributed by atoms with Crippen LogP contribution in [0.3, 0.4) is 0 Å². The molecule has 3 nitrogen and oxygen atoms in total. The predicted octanol–water partition coefficient (Wildman–Crippen LogP) is 2.43. The molecule has 1 spiro atoms. The third-order valence-corrected chi connectivity index (χ3v) is 6.20. The molecule has 3 aliphatic rings. The molecule has 0 aromatic carbocycles. The van der Waals surface area contributed by atoms with Crippen LogP contribution in [0.25, 0.3) is 0 Å². The Balaban J connectivity index is 1.63. The fraction of sp³-hybridized carbons (Fsp3) is 1.00. The van der Waals surface area contributed by atoms with Crippen LogP contribution in [0, 0.1) is 11.8 Å². The van der Waals surface area contributed by atoms with Crippen LogP contribution in [-0.2, 0) is 9.47 Å². The van der Waals surface area contributed by atoms with Crippen LogP contribution < -0.4 is 5.73 Å². The molecule has 0 radical (unpaired) electrons. The Morgan fingerprint density at radius 2 is 1.95 bits per heavy atom. The molecule has 0 aromatic rings. The smallest absolute Gasteiger partial charge is 0.0752 e. The normalized spacial score (nSPS) is 34.1. The zero-order valence-corrected chi connectivity index (χ0v) is 12.8. The number of methoxy groups -OCH3 is 1. The Morgan fingerprint density at radius 1 is 1.21 bits per heavy atom. The van der Waals surface area contributed by atoms with Gasteiger partial charge in [0.05, 0.1) is 11.7 Å². The van der Waals surface area contributed by atoms with Gasteiger partial charge in [0.2, 0.25) is 0 Å². The van der Waals surface area contributed by atoms with Gasteiger partial charge in [-0.3, -0.25) is 0 Å². The summed E-state index contributed by atoms with van der Waals surface area (Å²) in [4.78, 5) is 0. The first kappa shape index (κ1) is 14.2. The lowest BCUT2D eigenvalue weighted by molar-refractivity contribution is -0.113. The van der Waals surface area contributed by atoms with Crippen molar-refractivity contribution in [2.45, 2.75) is 56.3 Å². The van der Waals surface area contributed by atoms with Gasteiger partial charge >= 0.3 is 0 Å². The van der Waals surface area contributed by atoms with Gasteiger partial charge in [-0.15, -0.1) is 0 Å². The van der Waals surface area contributed by atoms with E-state index in [4.69, 9.17) is 15.2 Å². The lowest BCUT2D eigenvalue weighted by Crippen LogP contribution is -2.51. The van der Waals surface area contributed by atoms with Gasteiger partial charge in [0.15, 0.2) is 0 Å². The summed E-state index contributed by atoms with van der Waals surface area (Å²) in [7, 11) is 1.83. The topological polar surface area (TPSA) is 44.5 Å². The van der Waals surface area contributed by atoms with Crippen molar-refractivity contribution in [3.63, 3.8) is 0 Å². The summed E-state index contributed by atoms with van der Waals surface area (Å²) in [6.45, 7) is 0.893. The van der Waals surface area contributed by atoms with Crippen molar-refractivity contribution in [1.82, 2.24) is 0 Å². The monoisotopic (exact) mass is 285 g/mol. The van der Waals surface area contributed by atoms with Crippen LogP contribution in [0.2, 0.25) is 0 Å². The van der Waals surface area contributed by atoms with E-state index >= 15 is 0 Å². The van der Waals surface area contributed by atoms with E-state index in [2.05, 4.69) is 11.8 Å². The third kappa shape index (κ3) is 3.12. The lowest BCUT2D eigenvalue weighted by atomic mass is 9.77. The highest BCUT2D eigenvalue weighted by molar-refractivity contribution is 7.99. The molecule has 0 aromatic heterocycles. The molecule has 3 unspecified atom stereocenters. The molecule has 4 heteroatoms. The molecule has 1 saturated carbocycles. The van der Waals surface area contributed by atoms with Crippen molar-refractivity contribution in [3.8, 4) is 0 Å². The highest BCUT2D eigenvalue weighted by Gasteiger charge is 2.44. The van der Waals surface area contributed by atoms with E-state index < -0.39 is 0 Å². The van der Waals surface area contributed by atoms with Crippen LogP contribution in [0.4, 0.5) is 0 Å². The van der Waals surface area contributed by atoms with E-state index in [-0.39, 0.29) is 17.7 Å². The second kappa shape index (κ2) is 5.92. The van der Waals surface area contributed by atoms with Crippen molar-refractivity contribution in [2.24, 2.45) is 17.6 Å². The third-order valence-electron chi connectivity index (χ3n) is 5.22. The first-order chi connectivity index (χ1) is 9.24. The van der Waals surface area contributed by atoms with Crippen LogP contribution in [0.15, 0.2) is 0 Å². The van der Waals surface area contributed by atoms with Crippen LogP contribution in [0.5, 0.6) is 0 Å². The number of nitrogens with two attached hydrogens (primary N) is 1. The van der Waals surface area contributed by atoms with Crippen molar-refractivity contribution < 1.29 is 9.47 Å². The average molecular weight is 285 g/mol. The molecular formula is C15H27NO2S. The molecule has 2 heterocycles. The van der Waals surface area contributed by atoms with Crippen LogP contribution in [0.1, 0.15) is 38.5 Å². The van der Waals surface area contributed by atoms with Gasteiger partial charge in [0, 0.05) is 19.8 Å². The lowest BCUT2D eigenvalue weighted by Gasteiger charge is -2.45. The summed E-state index contributed by atoms with van der Waals surface area (Å²) in [5.41, 5.74) is 6.69. The fourth-order valence-electron chi connectivity index (χ4n) is 3.84. The van der Waals surface area contributed by atoms with Gasteiger partial charge in [-0.1, -0.05) is 0 Å². The van der Waals surface area contributed by atoms with E-state index in [1.807, 2.05) is 7.11 Å². The Bertz CT molecular complexity index is 297. The maximum Gasteiger partial charge on any atom is 0.0752 e. The van der Waals surface area contributed by atoms with Crippen LogP contribution >= 0.6 is 11.8 Å². The predicted molar refractivity (Wildman–Crippen MR) is 79.5 cm³/mol. The van der Waals surface area contributed by atoms with Crippen molar-refractivity contribution in [1.29, 1.82) is 0 Å². The van der Waals surface area contributed by atoms with Crippen molar-refractivity contribution >= 4 is 11.8 Å². The second-order valence-corrected chi connectivity index (χ2v) is 7.74. The Labute approximate surface area is 121 Å². The molecular weight excluding hydrogens is 258 g/mol. The molecule has 3 rings (SSSR count). The summed E-state index contributed by atoms with van der Waals surface area (Å²) >= 11 is 2.06. The first-order valence-electron chi connectivity index (χ1n) is 7.74. The summed E-state index contributed by atoms with van der Waals surface area (Å²) in [5, 5.41) is 0. The Morgan fingerprint density at radius 3 is 2.58 bits per heavy atom. The van der Waals surface area contributed by atoms with Gasteiger partial charge < -0.3 is 15.2 Å². The quantitative estimate of drug-likeness (QED) is 0.861. The molecule has 110 valence electrons. The maximum atomic E-state index is 6.55. The maximum absolute atomic E-state index is 6.55. The number of hydrogen-bond donors (Lipinski definition) is 1. The highest BCUT2D eigenvalue weighted by Crippen LogP contribution is 2.43. The van der Waals surface area contributed by atoms with E-state index in [1.54, 1.807) is 0 Å². The summed E-state index contributed by atoms with van der Waals surface area (Å²) < 4.78 is 11.9. The van der Waals surface area contributed by atoms with Crippen molar-refractivity contribution in [3.05, 3.63) is 0 Å².